The molecule has 5 amide bonds. The number of likely N-dealkylation sites (tertiary alicyclic amines) is 1. The summed E-state index contributed by atoms with van der Waals surface area (Å²) in [5, 5.41) is 2.53. The van der Waals surface area contributed by atoms with Gasteiger partial charge in [0.15, 0.2) is 0 Å². The molecule has 0 saturated carbocycles. The zero-order valence-electron chi connectivity index (χ0n) is 17.5. The predicted molar refractivity (Wildman–Crippen MR) is 106 cm³/mol. The normalized spacial score (nSPS) is 28.7. The molecule has 4 saturated heterocycles. The Morgan fingerprint density at radius 1 is 1.03 bits per heavy atom. The molecule has 0 aliphatic carbocycles. The SMILES string of the molecule is COC(=O)CNC(=O)N1CCN(C(=O)N2C[C@H]3C[C@H](C2)[C@H]2CCCC(=O)N2C3)CC1. The largest absolute Gasteiger partial charge is 0.468 e. The number of urea groups is 2. The molecule has 4 aliphatic heterocycles. The van der Waals surface area contributed by atoms with E-state index in [0.717, 1.165) is 25.8 Å². The Bertz CT molecular complexity index is 708. The Labute approximate surface area is 176 Å². The molecule has 4 heterocycles. The van der Waals surface area contributed by atoms with E-state index in [-0.39, 0.29) is 30.6 Å². The third kappa shape index (κ3) is 4.17. The Hall–Kier alpha value is -2.52. The highest BCUT2D eigenvalue weighted by Gasteiger charge is 2.45. The van der Waals surface area contributed by atoms with Gasteiger partial charge in [-0.05, 0) is 31.1 Å². The molecule has 1 N–H and O–H groups in total. The summed E-state index contributed by atoms with van der Waals surface area (Å²) in [4.78, 5) is 56.2. The van der Waals surface area contributed by atoms with Gasteiger partial charge in [0.2, 0.25) is 5.91 Å². The van der Waals surface area contributed by atoms with Crippen molar-refractivity contribution in [1.82, 2.24) is 24.9 Å². The zero-order chi connectivity index (χ0) is 21.3. The maximum Gasteiger partial charge on any atom is 0.325 e. The molecule has 0 radical (unpaired) electrons. The highest BCUT2D eigenvalue weighted by Crippen LogP contribution is 2.38. The number of piperazine rings is 1. The van der Waals surface area contributed by atoms with Gasteiger partial charge in [-0.15, -0.1) is 0 Å². The number of ether oxygens (including phenoxy) is 1. The molecule has 0 aromatic carbocycles. The van der Waals surface area contributed by atoms with Crippen LogP contribution in [0.15, 0.2) is 0 Å². The lowest BCUT2D eigenvalue weighted by Crippen LogP contribution is -2.63. The van der Waals surface area contributed by atoms with Gasteiger partial charge < -0.3 is 29.7 Å². The maximum absolute atomic E-state index is 13.1. The first-order chi connectivity index (χ1) is 14.5. The fourth-order valence-corrected chi connectivity index (χ4v) is 5.40. The minimum absolute atomic E-state index is 0.0369. The summed E-state index contributed by atoms with van der Waals surface area (Å²) in [6.45, 7) is 3.85. The predicted octanol–water partition coefficient (Wildman–Crippen LogP) is -0.0606. The molecule has 0 aromatic rings. The molecule has 10 nitrogen and oxygen atoms in total. The Kier molecular flexibility index (Phi) is 6.01. The van der Waals surface area contributed by atoms with Crippen LogP contribution in [0.3, 0.4) is 0 Å². The van der Waals surface area contributed by atoms with E-state index in [9.17, 15) is 19.2 Å². The number of nitrogens with zero attached hydrogens (tertiary/aromatic N) is 4. The molecule has 2 bridgehead atoms. The number of methoxy groups -OCH3 is 1. The van der Waals surface area contributed by atoms with Crippen molar-refractivity contribution in [2.24, 2.45) is 11.8 Å². The van der Waals surface area contributed by atoms with Gasteiger partial charge in [0.25, 0.3) is 0 Å². The first-order valence-corrected chi connectivity index (χ1v) is 10.9. The molecular formula is C20H31N5O5. The molecule has 0 unspecified atom stereocenters. The van der Waals surface area contributed by atoms with Crippen LogP contribution in [0, 0.1) is 11.8 Å². The molecule has 0 aromatic heterocycles. The van der Waals surface area contributed by atoms with Crippen molar-refractivity contribution < 1.29 is 23.9 Å². The summed E-state index contributed by atoms with van der Waals surface area (Å²) in [5.41, 5.74) is 0. The van der Waals surface area contributed by atoms with Crippen molar-refractivity contribution in [2.45, 2.75) is 31.7 Å². The van der Waals surface area contributed by atoms with E-state index >= 15 is 0 Å². The van der Waals surface area contributed by atoms with E-state index in [1.807, 2.05) is 9.80 Å². The summed E-state index contributed by atoms with van der Waals surface area (Å²) in [5.74, 6) is 0.515. The second-order valence-corrected chi connectivity index (χ2v) is 8.76. The van der Waals surface area contributed by atoms with Crippen LogP contribution in [0.2, 0.25) is 0 Å². The minimum atomic E-state index is -0.494. The van der Waals surface area contributed by atoms with Crippen LogP contribution >= 0.6 is 0 Å². The Morgan fingerprint density at radius 2 is 1.77 bits per heavy atom. The van der Waals surface area contributed by atoms with Gasteiger partial charge >= 0.3 is 18.0 Å². The third-order valence-electron chi connectivity index (χ3n) is 6.90. The number of nitrogens with one attached hydrogen (secondary N) is 1. The van der Waals surface area contributed by atoms with E-state index in [2.05, 4.69) is 15.0 Å². The third-order valence-corrected chi connectivity index (χ3v) is 6.90. The van der Waals surface area contributed by atoms with E-state index < -0.39 is 5.97 Å². The zero-order valence-corrected chi connectivity index (χ0v) is 17.5. The maximum atomic E-state index is 13.1. The number of carbonyl (C=O) groups is 4. The van der Waals surface area contributed by atoms with E-state index in [4.69, 9.17) is 0 Å². The second-order valence-electron chi connectivity index (χ2n) is 8.76. The molecule has 4 fully saturated rings. The van der Waals surface area contributed by atoms with Crippen LogP contribution in [0.4, 0.5) is 9.59 Å². The lowest BCUT2D eigenvalue weighted by atomic mass is 9.76. The minimum Gasteiger partial charge on any atom is -0.468 e. The van der Waals surface area contributed by atoms with Gasteiger partial charge in [-0.3, -0.25) is 9.59 Å². The van der Waals surface area contributed by atoms with Crippen molar-refractivity contribution in [2.75, 3.05) is 59.5 Å². The molecule has 4 rings (SSSR count). The summed E-state index contributed by atoms with van der Waals surface area (Å²) < 4.78 is 4.52. The number of hydrogen-bond donors (Lipinski definition) is 1. The van der Waals surface area contributed by atoms with Gasteiger partial charge in [0.1, 0.15) is 6.54 Å². The number of carbonyl (C=O) groups excluding carboxylic acids is 4. The molecule has 0 spiro atoms. The average molecular weight is 421 g/mol. The van der Waals surface area contributed by atoms with Gasteiger partial charge in [-0.25, -0.2) is 9.59 Å². The Morgan fingerprint density at radius 3 is 2.50 bits per heavy atom. The number of rotatable bonds is 2. The van der Waals surface area contributed by atoms with Crippen molar-refractivity contribution in [3.63, 3.8) is 0 Å². The number of fused-ring (bicyclic) bond motifs is 4. The second kappa shape index (κ2) is 8.69. The highest BCUT2D eigenvalue weighted by molar-refractivity contribution is 5.81. The number of amides is 5. The lowest BCUT2D eigenvalue weighted by Gasteiger charge is -2.53. The van der Waals surface area contributed by atoms with Crippen LogP contribution in [0.25, 0.3) is 0 Å². The lowest BCUT2D eigenvalue weighted by molar-refractivity contribution is -0.144. The molecule has 166 valence electrons. The van der Waals surface area contributed by atoms with E-state index in [1.165, 1.54) is 7.11 Å². The highest BCUT2D eigenvalue weighted by atomic mass is 16.5. The van der Waals surface area contributed by atoms with Gasteiger partial charge in [0, 0.05) is 58.3 Å². The smallest absolute Gasteiger partial charge is 0.325 e. The fraction of sp³-hybridized carbons (Fsp3) is 0.800. The quantitative estimate of drug-likeness (QED) is 0.630. The molecular weight excluding hydrogens is 390 g/mol. The first-order valence-electron chi connectivity index (χ1n) is 10.9. The summed E-state index contributed by atoms with van der Waals surface area (Å²) in [6.07, 6.45) is 3.77. The molecule has 3 atom stereocenters. The standard InChI is InChI=1S/C20H31N5O5/c1-30-18(27)10-21-19(28)22-5-7-23(8-6-22)20(29)24-11-14-9-15(13-24)16-3-2-4-17(26)25(16)12-14/h14-16H,2-13H2,1H3,(H,21,28)/t14-,15-,16-/m1/s1. The van der Waals surface area contributed by atoms with Crippen molar-refractivity contribution in [1.29, 1.82) is 0 Å². The molecule has 30 heavy (non-hydrogen) atoms. The summed E-state index contributed by atoms with van der Waals surface area (Å²) in [6, 6.07) is 0.00502. The summed E-state index contributed by atoms with van der Waals surface area (Å²) in [7, 11) is 1.28. The Balaban J connectivity index is 1.28. The van der Waals surface area contributed by atoms with E-state index in [0.29, 0.717) is 57.5 Å². The topological polar surface area (TPSA) is 102 Å². The number of esters is 1. The van der Waals surface area contributed by atoms with Gasteiger partial charge in [0.05, 0.1) is 7.11 Å². The molecule has 4 aliphatic rings. The van der Waals surface area contributed by atoms with Crippen LogP contribution in [-0.4, -0.2) is 109 Å². The van der Waals surface area contributed by atoms with Crippen molar-refractivity contribution >= 4 is 23.9 Å². The number of piperidine rings is 3. The van der Waals surface area contributed by atoms with Crippen LogP contribution < -0.4 is 5.32 Å². The van der Waals surface area contributed by atoms with Crippen molar-refractivity contribution in [3.05, 3.63) is 0 Å². The van der Waals surface area contributed by atoms with Gasteiger partial charge in [-0.1, -0.05) is 0 Å². The van der Waals surface area contributed by atoms with Gasteiger partial charge in [-0.2, -0.15) is 0 Å². The summed E-state index contributed by atoms with van der Waals surface area (Å²) >= 11 is 0. The average Bonchev–Trinajstić information content (AvgIpc) is 2.77. The molecule has 10 heteroatoms. The van der Waals surface area contributed by atoms with E-state index in [1.54, 1.807) is 4.90 Å². The van der Waals surface area contributed by atoms with Crippen molar-refractivity contribution in [3.8, 4) is 0 Å². The monoisotopic (exact) mass is 421 g/mol. The van der Waals surface area contributed by atoms with Crippen LogP contribution in [0.5, 0.6) is 0 Å². The number of hydrogen-bond acceptors (Lipinski definition) is 5. The van der Waals surface area contributed by atoms with Crippen LogP contribution in [-0.2, 0) is 14.3 Å². The fourth-order valence-electron chi connectivity index (χ4n) is 5.40. The first kappa shape index (κ1) is 20.7. The van der Waals surface area contributed by atoms with Crippen LogP contribution in [0.1, 0.15) is 25.7 Å².